The molecule has 0 aliphatic rings. The summed E-state index contributed by atoms with van der Waals surface area (Å²) in [6.07, 6.45) is 0. The molecule has 1 aromatic carbocycles. The first-order valence-electron chi connectivity index (χ1n) is 8.87. The van der Waals surface area contributed by atoms with Gasteiger partial charge in [0.25, 0.3) is 0 Å². The molecule has 1 N–H and O–H groups in total. The molecular formula is C20H33NO2SSi. The maximum Gasteiger partial charge on any atom is 0.241 e. The Hall–Kier alpha value is -1.09. The van der Waals surface area contributed by atoms with Crippen LogP contribution in [0.25, 0.3) is 0 Å². The lowest BCUT2D eigenvalue weighted by Gasteiger charge is -2.26. The summed E-state index contributed by atoms with van der Waals surface area (Å²) in [4.78, 5) is 0.397. The Morgan fingerprint density at radius 3 is 1.88 bits per heavy atom. The number of hydrogen-bond donors (Lipinski definition) is 1. The lowest BCUT2D eigenvalue weighted by molar-refractivity contribution is 0.388. The van der Waals surface area contributed by atoms with Crippen LogP contribution < -0.4 is 4.72 Å². The number of benzene rings is 1. The zero-order valence-corrected chi connectivity index (χ0v) is 18.9. The minimum Gasteiger partial charge on any atom is -0.207 e. The van der Waals surface area contributed by atoms with Gasteiger partial charge in [-0.2, -0.15) is 0 Å². The summed E-state index contributed by atoms with van der Waals surface area (Å²) >= 11 is 0. The van der Waals surface area contributed by atoms with Crippen LogP contribution in [0, 0.1) is 44.1 Å². The summed E-state index contributed by atoms with van der Waals surface area (Å²) in [7, 11) is -5.07. The Balaban J connectivity index is 3.23. The second kappa shape index (κ2) is 8.07. The second-order valence-corrected chi connectivity index (χ2v) is 14.8. The number of rotatable bonds is 5. The maximum absolute atomic E-state index is 13.1. The van der Waals surface area contributed by atoms with Crippen LogP contribution in [0.3, 0.4) is 0 Å². The number of aryl methyl sites for hydroxylation is 3. The molecule has 5 heteroatoms. The van der Waals surface area contributed by atoms with Crippen molar-refractivity contribution in [3.63, 3.8) is 0 Å². The second-order valence-electron chi connectivity index (χ2n) is 8.43. The molecule has 25 heavy (non-hydrogen) atoms. The largest absolute Gasteiger partial charge is 0.241 e. The van der Waals surface area contributed by atoms with E-state index in [1.54, 1.807) is 0 Å². The highest BCUT2D eigenvalue weighted by atomic mass is 32.2. The fourth-order valence-corrected chi connectivity index (χ4v) is 5.64. The molecule has 0 aliphatic carbocycles. The number of sulfonamides is 1. The van der Waals surface area contributed by atoms with Crippen LogP contribution in [0.2, 0.25) is 19.6 Å². The minimum atomic E-state index is -3.59. The van der Waals surface area contributed by atoms with Gasteiger partial charge in [-0.25, -0.2) is 13.1 Å². The molecule has 0 aliphatic heterocycles. The van der Waals surface area contributed by atoms with E-state index in [9.17, 15) is 8.42 Å². The van der Waals surface area contributed by atoms with Crippen LogP contribution in [0.5, 0.6) is 0 Å². The van der Waals surface area contributed by atoms with E-state index in [1.165, 1.54) is 0 Å². The van der Waals surface area contributed by atoms with E-state index in [0.29, 0.717) is 4.90 Å². The zero-order valence-electron chi connectivity index (χ0n) is 17.1. The molecule has 2 atom stereocenters. The van der Waals surface area contributed by atoms with E-state index in [-0.39, 0.29) is 17.9 Å². The van der Waals surface area contributed by atoms with Gasteiger partial charge < -0.3 is 0 Å². The molecule has 0 saturated carbocycles. The normalized spacial score (nSPS) is 14.8. The summed E-state index contributed by atoms with van der Waals surface area (Å²) in [6, 6.07) is 3.62. The van der Waals surface area contributed by atoms with Gasteiger partial charge in [-0.05, 0) is 44.7 Å². The zero-order chi connectivity index (χ0) is 19.6. The third-order valence-electron chi connectivity index (χ3n) is 4.10. The van der Waals surface area contributed by atoms with Gasteiger partial charge in [0.15, 0.2) is 0 Å². The first kappa shape index (κ1) is 21.9. The van der Waals surface area contributed by atoms with Crippen LogP contribution >= 0.6 is 0 Å². The van der Waals surface area contributed by atoms with Gasteiger partial charge in [-0.3, -0.25) is 0 Å². The van der Waals surface area contributed by atoms with Crippen molar-refractivity contribution < 1.29 is 8.42 Å². The van der Waals surface area contributed by atoms with Crippen molar-refractivity contribution in [1.82, 2.24) is 4.72 Å². The monoisotopic (exact) mass is 379 g/mol. The molecule has 0 heterocycles. The van der Waals surface area contributed by atoms with Gasteiger partial charge in [0, 0.05) is 12.0 Å². The topological polar surface area (TPSA) is 46.2 Å². The van der Waals surface area contributed by atoms with Crippen molar-refractivity contribution in [2.24, 2.45) is 11.8 Å². The first-order chi connectivity index (χ1) is 11.2. The third kappa shape index (κ3) is 6.29. The first-order valence-corrected chi connectivity index (χ1v) is 13.9. The Labute approximate surface area is 155 Å². The summed E-state index contributed by atoms with van der Waals surface area (Å²) in [5.41, 5.74) is 6.01. The molecule has 0 amide bonds. The summed E-state index contributed by atoms with van der Waals surface area (Å²) in [5.74, 6) is 3.43. The van der Waals surface area contributed by atoms with Crippen LogP contribution in [0.1, 0.15) is 37.5 Å². The van der Waals surface area contributed by atoms with Crippen LogP contribution in [-0.2, 0) is 10.0 Å². The molecule has 3 nitrogen and oxygen atoms in total. The van der Waals surface area contributed by atoms with E-state index in [1.807, 2.05) is 53.7 Å². The fraction of sp³-hybridized carbons (Fsp3) is 0.600. The highest BCUT2D eigenvalue weighted by Gasteiger charge is 2.28. The van der Waals surface area contributed by atoms with Crippen molar-refractivity contribution in [1.29, 1.82) is 0 Å². The third-order valence-corrected chi connectivity index (χ3v) is 6.75. The molecule has 0 bridgehead atoms. The minimum absolute atomic E-state index is 0.0347. The van der Waals surface area contributed by atoms with E-state index in [2.05, 4.69) is 35.8 Å². The van der Waals surface area contributed by atoms with Crippen molar-refractivity contribution in [3.8, 4) is 11.5 Å². The predicted octanol–water partition coefficient (Wildman–Crippen LogP) is 4.43. The molecule has 0 spiro atoms. The number of nitrogens with one attached hydrogen (secondary N) is 1. The van der Waals surface area contributed by atoms with Gasteiger partial charge in [0.05, 0.1) is 4.90 Å². The Kier molecular flexibility index (Phi) is 7.09. The summed E-state index contributed by atoms with van der Waals surface area (Å²) < 4.78 is 29.0. The highest BCUT2D eigenvalue weighted by molar-refractivity contribution is 7.89. The van der Waals surface area contributed by atoms with E-state index in [0.717, 1.165) is 16.7 Å². The van der Waals surface area contributed by atoms with Crippen molar-refractivity contribution in [2.75, 3.05) is 0 Å². The average Bonchev–Trinajstić information content (AvgIpc) is 2.39. The Bertz CT molecular complexity index is 757. The SMILES string of the molecule is Cc1cc(C)c(S(=O)(=O)N[C@@H](C(C)C)C(C)C#C[Si](C)(C)C)c(C)c1. The predicted molar refractivity (Wildman–Crippen MR) is 110 cm³/mol. The lowest BCUT2D eigenvalue weighted by Crippen LogP contribution is -2.43. The van der Waals surface area contributed by atoms with Gasteiger partial charge in [0.1, 0.15) is 8.07 Å². The van der Waals surface area contributed by atoms with Crippen molar-refractivity contribution in [2.45, 2.75) is 72.1 Å². The molecule has 1 aromatic rings. The van der Waals surface area contributed by atoms with Crippen LogP contribution in [-0.4, -0.2) is 22.5 Å². The molecule has 1 rings (SSSR count). The summed E-state index contributed by atoms with van der Waals surface area (Å²) in [6.45, 7) is 18.4. The highest BCUT2D eigenvalue weighted by Crippen LogP contribution is 2.24. The van der Waals surface area contributed by atoms with Gasteiger partial charge in [-0.15, -0.1) is 11.5 Å². The average molecular weight is 380 g/mol. The fourth-order valence-electron chi connectivity index (χ4n) is 3.06. The molecule has 0 radical (unpaired) electrons. The Morgan fingerprint density at radius 1 is 1.00 bits per heavy atom. The maximum atomic E-state index is 13.1. The van der Waals surface area contributed by atoms with Crippen LogP contribution in [0.4, 0.5) is 0 Å². The van der Waals surface area contributed by atoms with Gasteiger partial charge in [-0.1, -0.05) is 51.2 Å². The molecule has 1 unspecified atom stereocenters. The molecule has 0 aromatic heterocycles. The van der Waals surface area contributed by atoms with E-state index >= 15 is 0 Å². The quantitative estimate of drug-likeness (QED) is 0.607. The molecule has 140 valence electrons. The smallest absolute Gasteiger partial charge is 0.207 e. The summed E-state index contributed by atoms with van der Waals surface area (Å²) in [5, 5.41) is 0. The van der Waals surface area contributed by atoms with Gasteiger partial charge in [0.2, 0.25) is 10.0 Å². The van der Waals surface area contributed by atoms with Crippen molar-refractivity contribution >= 4 is 18.1 Å². The Morgan fingerprint density at radius 2 is 1.48 bits per heavy atom. The van der Waals surface area contributed by atoms with Crippen molar-refractivity contribution in [3.05, 3.63) is 28.8 Å². The van der Waals surface area contributed by atoms with Crippen LogP contribution in [0.15, 0.2) is 17.0 Å². The molecule has 0 saturated heterocycles. The standard InChI is InChI=1S/C20H33NO2SSi/c1-14(2)19(16(4)10-11-25(7,8)9)21-24(22,23)20-17(5)12-15(3)13-18(20)6/h12-14,16,19,21H,1-9H3/t16?,19-/m0/s1. The number of hydrogen-bond acceptors (Lipinski definition) is 2. The lowest BCUT2D eigenvalue weighted by atomic mass is 9.93. The van der Waals surface area contributed by atoms with Gasteiger partial charge >= 0.3 is 0 Å². The molecule has 0 fully saturated rings. The van der Waals surface area contributed by atoms with E-state index in [4.69, 9.17) is 0 Å². The molecular weight excluding hydrogens is 346 g/mol. The van der Waals surface area contributed by atoms with E-state index < -0.39 is 18.1 Å².